The quantitative estimate of drug-likeness (QED) is 0.438. The molecule has 146 valence electrons. The van der Waals surface area contributed by atoms with E-state index in [1.807, 2.05) is 30.3 Å². The lowest BCUT2D eigenvalue weighted by molar-refractivity contribution is -0.384. The molecule has 1 amide bonds. The summed E-state index contributed by atoms with van der Waals surface area (Å²) in [6, 6.07) is 16.1. The number of carbonyl (C=O) groups excluding carboxylic acids is 1. The molecule has 1 fully saturated rings. The van der Waals surface area contributed by atoms with Crippen LogP contribution in [-0.2, 0) is 4.79 Å². The molecule has 0 atom stereocenters. The highest BCUT2D eigenvalue weighted by molar-refractivity contribution is 5.99. The van der Waals surface area contributed by atoms with Gasteiger partial charge in [-0.3, -0.25) is 14.9 Å². The summed E-state index contributed by atoms with van der Waals surface area (Å²) < 4.78 is 0. The Morgan fingerprint density at radius 3 is 2.25 bits per heavy atom. The monoisotopic (exact) mass is 378 g/mol. The van der Waals surface area contributed by atoms with Crippen molar-refractivity contribution in [3.05, 3.63) is 81.9 Å². The maximum atomic E-state index is 12.8. The second-order valence-corrected chi connectivity index (χ2v) is 7.28. The number of hydrogen-bond acceptors (Lipinski definition) is 3. The second kappa shape index (κ2) is 9.83. The first-order valence-electron chi connectivity index (χ1n) is 9.96. The summed E-state index contributed by atoms with van der Waals surface area (Å²) in [6.45, 7) is 0. The van der Waals surface area contributed by atoms with Crippen molar-refractivity contribution < 1.29 is 9.72 Å². The van der Waals surface area contributed by atoms with E-state index >= 15 is 0 Å². The van der Waals surface area contributed by atoms with E-state index in [-0.39, 0.29) is 17.6 Å². The van der Waals surface area contributed by atoms with Gasteiger partial charge in [0.1, 0.15) is 0 Å². The van der Waals surface area contributed by atoms with Crippen molar-refractivity contribution in [2.24, 2.45) is 0 Å². The molecule has 5 nitrogen and oxygen atoms in total. The summed E-state index contributed by atoms with van der Waals surface area (Å²) >= 11 is 0. The zero-order chi connectivity index (χ0) is 19.8. The van der Waals surface area contributed by atoms with Gasteiger partial charge < -0.3 is 5.32 Å². The third-order valence-corrected chi connectivity index (χ3v) is 5.18. The number of benzene rings is 2. The number of rotatable bonds is 5. The lowest BCUT2D eigenvalue weighted by Crippen LogP contribution is -2.34. The molecule has 28 heavy (non-hydrogen) atoms. The van der Waals surface area contributed by atoms with Gasteiger partial charge in [-0.15, -0.1) is 0 Å². The molecule has 0 heterocycles. The predicted octanol–water partition coefficient (Wildman–Crippen LogP) is 5.26. The van der Waals surface area contributed by atoms with Crippen LogP contribution in [0.3, 0.4) is 0 Å². The zero-order valence-electron chi connectivity index (χ0n) is 16.0. The number of nitro groups is 1. The number of non-ortho nitro benzene ring substituents is 1. The van der Waals surface area contributed by atoms with Crippen LogP contribution >= 0.6 is 0 Å². The standard InChI is InChI=1S/C23H26N2O3/c26-23(24-20-13-7-2-1-3-8-14-20)17-22(18-10-5-4-6-11-18)19-12-9-15-21(16-19)25(27)28/h4-6,9-12,15-17,20H,1-3,7-8,13-14H2,(H,24,26). The zero-order valence-corrected chi connectivity index (χ0v) is 16.0. The van der Waals surface area contributed by atoms with Gasteiger partial charge in [-0.2, -0.15) is 0 Å². The Morgan fingerprint density at radius 2 is 1.57 bits per heavy atom. The topological polar surface area (TPSA) is 72.2 Å². The molecule has 0 radical (unpaired) electrons. The van der Waals surface area contributed by atoms with Gasteiger partial charge in [0.05, 0.1) is 4.92 Å². The van der Waals surface area contributed by atoms with E-state index in [2.05, 4.69) is 5.32 Å². The van der Waals surface area contributed by atoms with E-state index in [4.69, 9.17) is 0 Å². The van der Waals surface area contributed by atoms with Crippen molar-refractivity contribution in [2.75, 3.05) is 0 Å². The summed E-state index contributed by atoms with van der Waals surface area (Å²) in [6.07, 6.45) is 9.62. The Hall–Kier alpha value is -2.95. The van der Waals surface area contributed by atoms with Gasteiger partial charge in [0.2, 0.25) is 5.91 Å². The molecule has 0 spiro atoms. The Balaban J connectivity index is 1.87. The van der Waals surface area contributed by atoms with Gasteiger partial charge in [-0.05, 0) is 29.5 Å². The van der Waals surface area contributed by atoms with E-state index in [0.29, 0.717) is 11.1 Å². The molecule has 1 N–H and O–H groups in total. The molecular formula is C23H26N2O3. The van der Waals surface area contributed by atoms with Crippen LogP contribution in [-0.4, -0.2) is 16.9 Å². The van der Waals surface area contributed by atoms with Crippen molar-refractivity contribution in [3.8, 4) is 0 Å². The Morgan fingerprint density at radius 1 is 0.929 bits per heavy atom. The third-order valence-electron chi connectivity index (χ3n) is 5.18. The average Bonchev–Trinajstić information content (AvgIpc) is 2.69. The van der Waals surface area contributed by atoms with Crippen molar-refractivity contribution in [1.82, 2.24) is 5.32 Å². The summed E-state index contributed by atoms with van der Waals surface area (Å²) in [5, 5.41) is 14.3. The van der Waals surface area contributed by atoms with Crippen LogP contribution in [0.2, 0.25) is 0 Å². The molecule has 1 aliphatic carbocycles. The van der Waals surface area contributed by atoms with Gasteiger partial charge in [0, 0.05) is 24.3 Å². The maximum absolute atomic E-state index is 12.8. The van der Waals surface area contributed by atoms with E-state index in [0.717, 1.165) is 31.2 Å². The molecule has 0 aromatic heterocycles. The molecular weight excluding hydrogens is 352 g/mol. The smallest absolute Gasteiger partial charge is 0.270 e. The molecule has 2 aromatic carbocycles. The third kappa shape index (κ3) is 5.52. The number of hydrogen-bond donors (Lipinski definition) is 1. The van der Waals surface area contributed by atoms with Gasteiger partial charge in [-0.25, -0.2) is 0 Å². The summed E-state index contributed by atoms with van der Waals surface area (Å²) in [5.41, 5.74) is 2.22. The highest BCUT2D eigenvalue weighted by atomic mass is 16.6. The van der Waals surface area contributed by atoms with Gasteiger partial charge in [-0.1, -0.05) is 74.6 Å². The minimum Gasteiger partial charge on any atom is -0.350 e. The highest BCUT2D eigenvalue weighted by Gasteiger charge is 2.15. The van der Waals surface area contributed by atoms with Crippen LogP contribution in [0.4, 0.5) is 5.69 Å². The average molecular weight is 378 g/mol. The van der Waals surface area contributed by atoms with E-state index in [9.17, 15) is 14.9 Å². The second-order valence-electron chi connectivity index (χ2n) is 7.28. The molecule has 2 aromatic rings. The number of amides is 1. The lowest BCUT2D eigenvalue weighted by atomic mass is 9.95. The van der Waals surface area contributed by atoms with Crippen LogP contribution in [0.15, 0.2) is 60.7 Å². The first-order chi connectivity index (χ1) is 13.6. The molecule has 0 aliphatic heterocycles. The fourth-order valence-corrected chi connectivity index (χ4v) is 3.71. The van der Waals surface area contributed by atoms with Crippen LogP contribution < -0.4 is 5.32 Å². The molecule has 0 bridgehead atoms. The molecule has 1 aliphatic rings. The number of nitrogens with one attached hydrogen (secondary N) is 1. The molecule has 0 saturated heterocycles. The van der Waals surface area contributed by atoms with Crippen LogP contribution in [0.1, 0.15) is 56.1 Å². The SMILES string of the molecule is O=C(C=C(c1ccccc1)c1cccc([N+](=O)[O-])c1)NC1CCCCCCC1. The van der Waals surface area contributed by atoms with Crippen LogP contribution in [0.5, 0.6) is 0 Å². The maximum Gasteiger partial charge on any atom is 0.270 e. The Labute approximate surface area is 165 Å². The molecule has 0 unspecified atom stereocenters. The molecule has 1 saturated carbocycles. The Kier molecular flexibility index (Phi) is 6.95. The molecule has 5 heteroatoms. The minimum atomic E-state index is -0.416. The van der Waals surface area contributed by atoms with Crippen molar-refractivity contribution in [2.45, 2.75) is 51.0 Å². The fraction of sp³-hybridized carbons (Fsp3) is 0.348. The van der Waals surface area contributed by atoms with Crippen LogP contribution in [0, 0.1) is 10.1 Å². The number of carbonyl (C=O) groups is 1. The summed E-state index contributed by atoms with van der Waals surface area (Å²) in [4.78, 5) is 23.5. The highest BCUT2D eigenvalue weighted by Crippen LogP contribution is 2.26. The van der Waals surface area contributed by atoms with Crippen molar-refractivity contribution in [1.29, 1.82) is 0 Å². The minimum absolute atomic E-state index is 0.0137. The van der Waals surface area contributed by atoms with Gasteiger partial charge in [0.25, 0.3) is 5.69 Å². The summed E-state index contributed by atoms with van der Waals surface area (Å²) in [5.74, 6) is -0.143. The predicted molar refractivity (Wildman–Crippen MR) is 111 cm³/mol. The van der Waals surface area contributed by atoms with Crippen LogP contribution in [0.25, 0.3) is 5.57 Å². The first-order valence-corrected chi connectivity index (χ1v) is 9.96. The van der Waals surface area contributed by atoms with E-state index in [1.165, 1.54) is 31.4 Å². The molecule has 3 rings (SSSR count). The largest absolute Gasteiger partial charge is 0.350 e. The number of nitrogens with zero attached hydrogens (tertiary/aromatic N) is 1. The Bertz CT molecular complexity index is 838. The normalized spacial score (nSPS) is 16.1. The van der Waals surface area contributed by atoms with E-state index < -0.39 is 4.92 Å². The van der Waals surface area contributed by atoms with Crippen molar-refractivity contribution in [3.63, 3.8) is 0 Å². The first kappa shape index (κ1) is 19.8. The van der Waals surface area contributed by atoms with Gasteiger partial charge in [0.15, 0.2) is 0 Å². The van der Waals surface area contributed by atoms with Gasteiger partial charge >= 0.3 is 0 Å². The number of nitro benzene ring substituents is 1. The fourth-order valence-electron chi connectivity index (χ4n) is 3.71. The lowest BCUT2D eigenvalue weighted by Gasteiger charge is -2.20. The summed E-state index contributed by atoms with van der Waals surface area (Å²) in [7, 11) is 0. The van der Waals surface area contributed by atoms with E-state index in [1.54, 1.807) is 18.2 Å². The van der Waals surface area contributed by atoms with Crippen molar-refractivity contribution >= 4 is 17.2 Å².